The van der Waals surface area contributed by atoms with Gasteiger partial charge in [0.05, 0.1) is 4.99 Å². The van der Waals surface area contributed by atoms with E-state index in [1.165, 1.54) is 0 Å². The molecule has 3 nitrogen and oxygen atoms in total. The van der Waals surface area contributed by atoms with E-state index in [2.05, 4.69) is 13.8 Å². The Balaban J connectivity index is 2.74. The SMILES string of the molecule is CC(C)CCC(=O)N(CCC(N)=S)c1ccccc1. The molecule has 0 heterocycles. The van der Waals surface area contributed by atoms with Gasteiger partial charge in [-0.2, -0.15) is 0 Å². The number of anilines is 1. The van der Waals surface area contributed by atoms with E-state index in [4.69, 9.17) is 18.0 Å². The van der Waals surface area contributed by atoms with E-state index in [1.807, 2.05) is 30.3 Å². The van der Waals surface area contributed by atoms with Crippen LogP contribution in [0.1, 0.15) is 33.1 Å². The summed E-state index contributed by atoms with van der Waals surface area (Å²) >= 11 is 4.90. The minimum Gasteiger partial charge on any atom is -0.393 e. The maximum Gasteiger partial charge on any atom is 0.226 e. The summed E-state index contributed by atoms with van der Waals surface area (Å²) in [5.41, 5.74) is 6.44. The molecule has 1 aromatic carbocycles. The molecule has 0 fully saturated rings. The summed E-state index contributed by atoms with van der Waals surface area (Å²) in [5.74, 6) is 0.660. The standard InChI is InChI=1S/C15H22N2OS/c1-12(2)8-9-15(18)17(11-10-14(16)19)13-6-4-3-5-7-13/h3-7,12H,8-11H2,1-2H3,(H2,16,19). The molecule has 0 aliphatic rings. The van der Waals surface area contributed by atoms with Gasteiger partial charge in [0, 0.05) is 25.1 Å². The van der Waals surface area contributed by atoms with Crippen molar-refractivity contribution < 1.29 is 4.79 Å². The van der Waals surface area contributed by atoms with Gasteiger partial charge in [-0.15, -0.1) is 0 Å². The fourth-order valence-corrected chi connectivity index (χ4v) is 1.87. The number of carbonyl (C=O) groups is 1. The third kappa shape index (κ3) is 5.83. The number of thiocarbonyl (C=S) groups is 1. The highest BCUT2D eigenvalue weighted by molar-refractivity contribution is 7.80. The number of hydrogen-bond acceptors (Lipinski definition) is 2. The summed E-state index contributed by atoms with van der Waals surface area (Å²) in [5, 5.41) is 0. The summed E-state index contributed by atoms with van der Waals surface area (Å²) < 4.78 is 0. The maximum atomic E-state index is 12.3. The number of benzene rings is 1. The zero-order chi connectivity index (χ0) is 14.3. The lowest BCUT2D eigenvalue weighted by Crippen LogP contribution is -2.33. The highest BCUT2D eigenvalue weighted by Gasteiger charge is 2.15. The molecule has 104 valence electrons. The number of para-hydroxylation sites is 1. The van der Waals surface area contributed by atoms with Crippen LogP contribution in [0.25, 0.3) is 0 Å². The molecule has 0 saturated heterocycles. The smallest absolute Gasteiger partial charge is 0.226 e. The molecule has 0 atom stereocenters. The average Bonchev–Trinajstić information content (AvgIpc) is 2.37. The van der Waals surface area contributed by atoms with Crippen LogP contribution in [0.5, 0.6) is 0 Å². The van der Waals surface area contributed by atoms with Crippen molar-refractivity contribution in [1.82, 2.24) is 0 Å². The molecule has 0 unspecified atom stereocenters. The minimum absolute atomic E-state index is 0.135. The first-order valence-electron chi connectivity index (χ1n) is 6.64. The minimum atomic E-state index is 0.135. The maximum absolute atomic E-state index is 12.3. The van der Waals surface area contributed by atoms with Crippen LogP contribution in [-0.2, 0) is 4.79 Å². The predicted molar refractivity (Wildman–Crippen MR) is 84.3 cm³/mol. The number of hydrogen-bond donors (Lipinski definition) is 1. The summed E-state index contributed by atoms with van der Waals surface area (Å²) in [6.45, 7) is 4.79. The van der Waals surface area contributed by atoms with Gasteiger partial charge in [0.25, 0.3) is 0 Å². The van der Waals surface area contributed by atoms with E-state index in [0.717, 1.165) is 12.1 Å². The number of nitrogens with zero attached hydrogens (tertiary/aromatic N) is 1. The molecular formula is C15H22N2OS. The molecule has 1 aromatic rings. The number of carbonyl (C=O) groups excluding carboxylic acids is 1. The Morgan fingerprint density at radius 1 is 1.26 bits per heavy atom. The third-order valence-electron chi connectivity index (χ3n) is 2.89. The number of rotatable bonds is 7. The van der Waals surface area contributed by atoms with Crippen LogP contribution in [0, 0.1) is 5.92 Å². The Bertz CT molecular complexity index is 417. The normalized spacial score (nSPS) is 10.5. The Hall–Kier alpha value is -1.42. The lowest BCUT2D eigenvalue weighted by atomic mass is 10.1. The Morgan fingerprint density at radius 2 is 1.89 bits per heavy atom. The van der Waals surface area contributed by atoms with Gasteiger partial charge in [-0.25, -0.2) is 0 Å². The van der Waals surface area contributed by atoms with Crippen LogP contribution in [0.4, 0.5) is 5.69 Å². The Labute approximate surface area is 120 Å². The summed E-state index contributed by atoms with van der Waals surface area (Å²) in [6.07, 6.45) is 2.01. The third-order valence-corrected chi connectivity index (χ3v) is 3.09. The molecule has 0 aliphatic heterocycles. The molecule has 0 aromatic heterocycles. The molecule has 1 amide bonds. The highest BCUT2D eigenvalue weighted by atomic mass is 32.1. The molecule has 0 aliphatic carbocycles. The van der Waals surface area contributed by atoms with Crippen molar-refractivity contribution in [3.63, 3.8) is 0 Å². The number of nitrogens with two attached hydrogens (primary N) is 1. The topological polar surface area (TPSA) is 46.3 Å². The molecular weight excluding hydrogens is 256 g/mol. The second-order valence-corrected chi connectivity index (χ2v) is 5.55. The summed E-state index contributed by atoms with van der Waals surface area (Å²) in [7, 11) is 0. The molecule has 0 radical (unpaired) electrons. The van der Waals surface area contributed by atoms with Gasteiger partial charge in [0.15, 0.2) is 0 Å². The largest absolute Gasteiger partial charge is 0.393 e. The van der Waals surface area contributed by atoms with Crippen LogP contribution in [0.15, 0.2) is 30.3 Å². The molecule has 0 bridgehead atoms. The lowest BCUT2D eigenvalue weighted by molar-refractivity contribution is -0.118. The van der Waals surface area contributed by atoms with E-state index >= 15 is 0 Å². The second kappa shape index (κ2) is 7.89. The zero-order valence-corrected chi connectivity index (χ0v) is 12.5. The molecule has 4 heteroatoms. The first-order chi connectivity index (χ1) is 9.00. The molecule has 1 rings (SSSR count). The van der Waals surface area contributed by atoms with E-state index in [9.17, 15) is 4.79 Å². The van der Waals surface area contributed by atoms with Crippen molar-refractivity contribution in [2.75, 3.05) is 11.4 Å². The van der Waals surface area contributed by atoms with Crippen molar-refractivity contribution in [1.29, 1.82) is 0 Å². The fraction of sp³-hybridized carbons (Fsp3) is 0.467. The van der Waals surface area contributed by atoms with Gasteiger partial charge < -0.3 is 10.6 Å². The van der Waals surface area contributed by atoms with Crippen molar-refractivity contribution in [3.05, 3.63) is 30.3 Å². The van der Waals surface area contributed by atoms with Gasteiger partial charge in [0.1, 0.15) is 0 Å². The van der Waals surface area contributed by atoms with Crippen LogP contribution in [0.3, 0.4) is 0 Å². The first kappa shape index (κ1) is 15.6. The molecule has 2 N–H and O–H groups in total. The van der Waals surface area contributed by atoms with Crippen molar-refractivity contribution in [2.45, 2.75) is 33.1 Å². The van der Waals surface area contributed by atoms with Crippen LogP contribution in [0.2, 0.25) is 0 Å². The average molecular weight is 278 g/mol. The van der Waals surface area contributed by atoms with E-state index in [-0.39, 0.29) is 5.91 Å². The van der Waals surface area contributed by atoms with Gasteiger partial charge in [-0.1, -0.05) is 44.3 Å². The molecule has 0 spiro atoms. The predicted octanol–water partition coefficient (Wildman–Crippen LogP) is 3.13. The Kier molecular flexibility index (Phi) is 6.50. The van der Waals surface area contributed by atoms with E-state index in [0.29, 0.717) is 30.3 Å². The summed E-state index contributed by atoms with van der Waals surface area (Å²) in [6, 6.07) is 9.67. The van der Waals surface area contributed by atoms with Gasteiger partial charge in [0.2, 0.25) is 5.91 Å². The second-order valence-electron chi connectivity index (χ2n) is 5.03. The van der Waals surface area contributed by atoms with Crippen molar-refractivity contribution in [3.8, 4) is 0 Å². The first-order valence-corrected chi connectivity index (χ1v) is 7.05. The van der Waals surface area contributed by atoms with Gasteiger partial charge >= 0.3 is 0 Å². The Morgan fingerprint density at radius 3 is 2.42 bits per heavy atom. The van der Waals surface area contributed by atoms with Crippen molar-refractivity contribution in [2.24, 2.45) is 11.7 Å². The lowest BCUT2D eigenvalue weighted by Gasteiger charge is -2.23. The van der Waals surface area contributed by atoms with Gasteiger partial charge in [-0.05, 0) is 24.5 Å². The summed E-state index contributed by atoms with van der Waals surface area (Å²) in [4.78, 5) is 14.5. The highest BCUT2D eigenvalue weighted by Crippen LogP contribution is 2.16. The number of amides is 1. The fourth-order valence-electron chi connectivity index (χ4n) is 1.77. The van der Waals surface area contributed by atoms with Crippen LogP contribution >= 0.6 is 12.2 Å². The van der Waals surface area contributed by atoms with E-state index in [1.54, 1.807) is 4.90 Å². The quantitative estimate of drug-likeness (QED) is 0.779. The van der Waals surface area contributed by atoms with Crippen LogP contribution in [-0.4, -0.2) is 17.4 Å². The molecule has 0 saturated carbocycles. The van der Waals surface area contributed by atoms with Crippen LogP contribution < -0.4 is 10.6 Å². The molecule has 19 heavy (non-hydrogen) atoms. The zero-order valence-electron chi connectivity index (χ0n) is 11.6. The van der Waals surface area contributed by atoms with E-state index < -0.39 is 0 Å². The van der Waals surface area contributed by atoms with Crippen molar-refractivity contribution >= 4 is 28.8 Å². The monoisotopic (exact) mass is 278 g/mol. The van der Waals surface area contributed by atoms with Gasteiger partial charge in [-0.3, -0.25) is 4.79 Å².